The third kappa shape index (κ3) is 4.66. The number of carbonyl (C=O) groups is 1. The number of carbonyl (C=O) groups excluding carboxylic acids is 1. The molecule has 1 fully saturated rings. The summed E-state index contributed by atoms with van der Waals surface area (Å²) >= 11 is 0. The number of fused-ring (bicyclic) bond motifs is 2. The molecule has 5 aromatic rings. The average molecular weight is 465 g/mol. The number of nitrogens with one attached hydrogen (secondary N) is 1. The highest BCUT2D eigenvalue weighted by Gasteiger charge is 2.15. The normalized spacial score (nSPS) is 14.5. The van der Waals surface area contributed by atoms with Gasteiger partial charge in [-0.1, -0.05) is 24.3 Å². The van der Waals surface area contributed by atoms with Crippen molar-refractivity contribution in [2.45, 2.75) is 13.0 Å². The topological polar surface area (TPSA) is 97.0 Å². The molecular formula is C27H24N6O2. The van der Waals surface area contributed by atoms with E-state index in [0.29, 0.717) is 28.3 Å². The van der Waals surface area contributed by atoms with Crippen LogP contribution in [0.5, 0.6) is 0 Å². The molecule has 4 heterocycles. The van der Waals surface area contributed by atoms with Crippen molar-refractivity contribution < 1.29 is 9.21 Å². The number of para-hydroxylation sites is 2. The molecule has 8 heteroatoms. The first kappa shape index (κ1) is 21.5. The predicted molar refractivity (Wildman–Crippen MR) is 133 cm³/mol. The van der Waals surface area contributed by atoms with Crippen LogP contribution in [0.2, 0.25) is 0 Å². The molecule has 1 saturated heterocycles. The van der Waals surface area contributed by atoms with E-state index in [1.165, 1.54) is 0 Å². The Morgan fingerprint density at radius 3 is 2.69 bits per heavy atom. The Morgan fingerprint density at radius 2 is 1.80 bits per heavy atom. The molecule has 1 aliphatic heterocycles. The van der Waals surface area contributed by atoms with E-state index in [0.717, 1.165) is 55.1 Å². The number of oxazole rings is 1. The van der Waals surface area contributed by atoms with Crippen molar-refractivity contribution >= 4 is 28.0 Å². The van der Waals surface area contributed by atoms with E-state index in [1.54, 1.807) is 6.20 Å². The van der Waals surface area contributed by atoms with Gasteiger partial charge in [0.05, 0.1) is 22.9 Å². The highest BCUT2D eigenvalue weighted by Crippen LogP contribution is 2.25. The monoisotopic (exact) mass is 464 g/mol. The number of hydrogen-bond donors (Lipinski definition) is 1. The number of pyridine rings is 1. The minimum atomic E-state index is -0.0859. The predicted octanol–water partition coefficient (Wildman–Crippen LogP) is 3.66. The fraction of sp³-hybridized carbons (Fsp3) is 0.222. The first-order valence-corrected chi connectivity index (χ1v) is 11.8. The molecule has 1 N–H and O–H groups in total. The van der Waals surface area contributed by atoms with Gasteiger partial charge >= 0.3 is 0 Å². The van der Waals surface area contributed by atoms with Crippen LogP contribution in [0.25, 0.3) is 33.7 Å². The summed E-state index contributed by atoms with van der Waals surface area (Å²) in [6.45, 7) is 4.83. The highest BCUT2D eigenvalue weighted by atomic mass is 16.3. The van der Waals surface area contributed by atoms with E-state index in [9.17, 15) is 4.79 Å². The number of hydrogen-bond acceptors (Lipinski definition) is 8. The Balaban J connectivity index is 1.21. The summed E-state index contributed by atoms with van der Waals surface area (Å²) in [5.41, 5.74) is 5.73. The Morgan fingerprint density at radius 1 is 0.943 bits per heavy atom. The van der Waals surface area contributed by atoms with Crippen LogP contribution in [0.3, 0.4) is 0 Å². The van der Waals surface area contributed by atoms with Gasteiger partial charge in [0.15, 0.2) is 17.0 Å². The maximum absolute atomic E-state index is 12.9. The molecular weight excluding hydrogens is 440 g/mol. The molecule has 0 radical (unpaired) electrons. The lowest BCUT2D eigenvalue weighted by molar-refractivity contribution is 0.0988. The highest BCUT2D eigenvalue weighted by molar-refractivity contribution is 5.97. The van der Waals surface area contributed by atoms with Crippen LogP contribution in [-0.4, -0.2) is 56.8 Å². The summed E-state index contributed by atoms with van der Waals surface area (Å²) in [6.07, 6.45) is 1.76. The van der Waals surface area contributed by atoms with Crippen LogP contribution in [0, 0.1) is 0 Å². The maximum Gasteiger partial charge on any atom is 0.228 e. The summed E-state index contributed by atoms with van der Waals surface area (Å²) in [4.78, 5) is 33.4. The van der Waals surface area contributed by atoms with Crippen molar-refractivity contribution in [2.24, 2.45) is 0 Å². The summed E-state index contributed by atoms with van der Waals surface area (Å²) in [7, 11) is 0. The van der Waals surface area contributed by atoms with E-state index < -0.39 is 0 Å². The molecule has 1 aliphatic rings. The molecule has 3 aromatic heterocycles. The summed E-state index contributed by atoms with van der Waals surface area (Å²) in [5, 5.41) is 3.37. The fourth-order valence-corrected chi connectivity index (χ4v) is 4.35. The molecule has 2 aromatic carbocycles. The number of rotatable bonds is 6. The van der Waals surface area contributed by atoms with Crippen LogP contribution in [0.4, 0.5) is 0 Å². The number of nitrogens with zero attached hydrogens (tertiary/aromatic N) is 5. The van der Waals surface area contributed by atoms with Crippen LogP contribution in [0.15, 0.2) is 71.3 Å². The third-order valence-electron chi connectivity index (χ3n) is 6.18. The Labute approximate surface area is 202 Å². The second-order valence-corrected chi connectivity index (χ2v) is 8.71. The van der Waals surface area contributed by atoms with Crippen molar-refractivity contribution in [3.8, 4) is 11.5 Å². The van der Waals surface area contributed by atoms with Crippen LogP contribution in [-0.2, 0) is 13.0 Å². The van der Waals surface area contributed by atoms with Crippen molar-refractivity contribution in [2.75, 3.05) is 26.2 Å². The van der Waals surface area contributed by atoms with Crippen LogP contribution in [0.1, 0.15) is 21.7 Å². The molecule has 8 nitrogen and oxygen atoms in total. The van der Waals surface area contributed by atoms with Crippen molar-refractivity contribution in [3.63, 3.8) is 0 Å². The quantitative estimate of drug-likeness (QED) is 0.380. The second-order valence-electron chi connectivity index (χ2n) is 8.71. The van der Waals surface area contributed by atoms with E-state index in [4.69, 9.17) is 9.40 Å². The van der Waals surface area contributed by atoms with Gasteiger partial charge in [-0.05, 0) is 42.0 Å². The van der Waals surface area contributed by atoms with Gasteiger partial charge in [0.25, 0.3) is 0 Å². The van der Waals surface area contributed by atoms with E-state index in [2.05, 4.69) is 25.2 Å². The zero-order chi connectivity index (χ0) is 23.6. The van der Waals surface area contributed by atoms with Crippen molar-refractivity contribution in [1.82, 2.24) is 30.2 Å². The van der Waals surface area contributed by atoms with Gasteiger partial charge in [-0.15, -0.1) is 0 Å². The van der Waals surface area contributed by atoms with E-state index >= 15 is 0 Å². The zero-order valence-electron chi connectivity index (χ0n) is 19.1. The van der Waals surface area contributed by atoms with Gasteiger partial charge in [-0.2, -0.15) is 4.98 Å². The van der Waals surface area contributed by atoms with Crippen molar-refractivity contribution in [1.29, 1.82) is 0 Å². The van der Waals surface area contributed by atoms with E-state index in [1.807, 2.05) is 60.7 Å². The van der Waals surface area contributed by atoms with Gasteiger partial charge in [-0.3, -0.25) is 14.7 Å². The summed E-state index contributed by atoms with van der Waals surface area (Å²) < 4.78 is 5.99. The fourth-order valence-electron chi connectivity index (χ4n) is 4.35. The summed E-state index contributed by atoms with van der Waals surface area (Å²) in [6, 6.07) is 19.1. The van der Waals surface area contributed by atoms with Gasteiger partial charge in [0, 0.05) is 44.7 Å². The van der Waals surface area contributed by atoms with Crippen LogP contribution >= 0.6 is 0 Å². The number of piperazine rings is 1. The molecule has 0 amide bonds. The SMILES string of the molecule is O=C(Cc1cccc(-c2nc3nc(CN4CCNCC4)ccc3o2)c1)c1cnc2ccccc2n1. The maximum atomic E-state index is 12.9. The molecule has 0 atom stereocenters. The molecule has 0 saturated carbocycles. The lowest BCUT2D eigenvalue weighted by atomic mass is 10.0. The third-order valence-corrected chi connectivity index (χ3v) is 6.18. The molecule has 0 unspecified atom stereocenters. The van der Waals surface area contributed by atoms with Gasteiger partial charge in [0.2, 0.25) is 5.89 Å². The first-order valence-electron chi connectivity index (χ1n) is 11.8. The summed E-state index contributed by atoms with van der Waals surface area (Å²) in [5.74, 6) is 0.406. The second kappa shape index (κ2) is 9.32. The van der Waals surface area contributed by atoms with Gasteiger partial charge in [-0.25, -0.2) is 9.97 Å². The number of aromatic nitrogens is 4. The lowest BCUT2D eigenvalue weighted by Crippen LogP contribution is -2.43. The van der Waals surface area contributed by atoms with Gasteiger partial charge < -0.3 is 9.73 Å². The van der Waals surface area contributed by atoms with Gasteiger partial charge in [0.1, 0.15) is 5.69 Å². The minimum absolute atomic E-state index is 0.0859. The lowest BCUT2D eigenvalue weighted by Gasteiger charge is -2.26. The molecule has 174 valence electrons. The molecule has 0 spiro atoms. The standard InChI is InChI=1S/C27H24N6O2/c34-24(23-16-29-21-6-1-2-7-22(21)31-23)15-18-4-3-5-19(14-18)27-32-26-25(35-27)9-8-20(30-26)17-33-12-10-28-11-13-33/h1-9,14,16,28H,10-13,15,17H2. The molecule has 0 bridgehead atoms. The molecule has 35 heavy (non-hydrogen) atoms. The average Bonchev–Trinajstić information content (AvgIpc) is 3.33. The Kier molecular flexibility index (Phi) is 5.73. The van der Waals surface area contributed by atoms with E-state index in [-0.39, 0.29) is 12.2 Å². The number of ketones is 1. The smallest absolute Gasteiger partial charge is 0.228 e. The first-order chi connectivity index (χ1) is 17.2. The zero-order valence-corrected chi connectivity index (χ0v) is 19.1. The molecule has 0 aliphatic carbocycles. The Hall–Kier alpha value is -4.01. The molecule has 6 rings (SSSR count). The van der Waals surface area contributed by atoms with Crippen LogP contribution < -0.4 is 5.32 Å². The Bertz CT molecular complexity index is 1520. The van der Waals surface area contributed by atoms with Crippen molar-refractivity contribution in [3.05, 3.63) is 83.8 Å². The number of benzene rings is 2. The largest absolute Gasteiger partial charge is 0.434 e. The number of Topliss-reactive ketones (excluding diaryl/α,β-unsaturated/α-hetero) is 1. The minimum Gasteiger partial charge on any atom is -0.434 e.